The lowest BCUT2D eigenvalue weighted by Crippen LogP contribution is -2.36. The van der Waals surface area contributed by atoms with E-state index < -0.39 is 28.2 Å². The van der Waals surface area contributed by atoms with Crippen LogP contribution in [0.3, 0.4) is 0 Å². The molecular formula is C27H28N2O8S. The van der Waals surface area contributed by atoms with Gasteiger partial charge in [0.25, 0.3) is 0 Å². The van der Waals surface area contributed by atoms with E-state index in [9.17, 15) is 24.8 Å². The molecule has 3 heterocycles. The molecule has 1 aliphatic carbocycles. The molecule has 0 amide bonds. The summed E-state index contributed by atoms with van der Waals surface area (Å²) in [5, 5.41) is 27.4. The third kappa shape index (κ3) is 4.79. The molecule has 1 saturated heterocycles. The molecule has 3 atom stereocenters. The fourth-order valence-electron chi connectivity index (χ4n) is 5.47. The Hall–Kier alpha value is -3.70. The SMILES string of the molecule is COc1cc([C@H]2C(C(=O)OC[C@@H]3CCCO3)=C(C)NC3=C2C(=O)C[C@H](c2cccs2)C3)cc([N+](=O)[O-])c1O. The predicted molar refractivity (Wildman–Crippen MR) is 138 cm³/mol. The van der Waals surface area contributed by atoms with Crippen LogP contribution < -0.4 is 10.1 Å². The molecule has 0 radical (unpaired) electrons. The molecule has 2 aromatic rings. The lowest BCUT2D eigenvalue weighted by molar-refractivity contribution is -0.386. The molecule has 0 unspecified atom stereocenters. The fourth-order valence-corrected chi connectivity index (χ4v) is 6.30. The average Bonchev–Trinajstić information content (AvgIpc) is 3.61. The number of nitro benzene ring substituents is 1. The van der Waals surface area contributed by atoms with Gasteiger partial charge in [0.15, 0.2) is 11.5 Å². The molecule has 1 aromatic heterocycles. The largest absolute Gasteiger partial charge is 0.500 e. The zero-order valence-electron chi connectivity index (χ0n) is 21.0. The van der Waals surface area contributed by atoms with E-state index in [0.29, 0.717) is 30.0 Å². The number of nitro groups is 1. The fraction of sp³-hybridized carbons (Fsp3) is 0.407. The zero-order chi connectivity index (χ0) is 27.0. The molecule has 1 fully saturated rings. The first-order valence-corrected chi connectivity index (χ1v) is 13.3. The van der Waals surface area contributed by atoms with Crippen LogP contribution in [0.25, 0.3) is 0 Å². The van der Waals surface area contributed by atoms with Crippen LogP contribution in [0.15, 0.2) is 52.2 Å². The number of methoxy groups -OCH3 is 1. The minimum absolute atomic E-state index is 0.0149. The molecule has 10 nitrogen and oxygen atoms in total. The lowest BCUT2D eigenvalue weighted by Gasteiger charge is -2.36. The number of nitrogens with zero attached hydrogens (tertiary/aromatic N) is 1. The zero-order valence-corrected chi connectivity index (χ0v) is 21.8. The number of benzene rings is 1. The Morgan fingerprint density at radius 3 is 2.82 bits per heavy atom. The first kappa shape index (κ1) is 25.9. The second-order valence-corrected chi connectivity index (χ2v) is 10.6. The second-order valence-electron chi connectivity index (χ2n) is 9.61. The first-order valence-electron chi connectivity index (χ1n) is 12.4. The Morgan fingerprint density at radius 1 is 1.34 bits per heavy atom. The number of esters is 1. The molecule has 0 saturated carbocycles. The van der Waals surface area contributed by atoms with Crippen molar-refractivity contribution < 1.29 is 33.8 Å². The van der Waals surface area contributed by atoms with Crippen LogP contribution in [-0.4, -0.2) is 48.2 Å². The van der Waals surface area contributed by atoms with Crippen LogP contribution in [0.1, 0.15) is 54.9 Å². The van der Waals surface area contributed by atoms with E-state index in [2.05, 4.69) is 5.32 Å². The molecular weight excluding hydrogens is 512 g/mol. The molecule has 38 heavy (non-hydrogen) atoms. The van der Waals surface area contributed by atoms with Crippen molar-refractivity contribution in [3.05, 3.63) is 72.7 Å². The van der Waals surface area contributed by atoms with Gasteiger partial charge in [-0.15, -0.1) is 11.3 Å². The summed E-state index contributed by atoms with van der Waals surface area (Å²) in [5.74, 6) is -2.49. The molecule has 11 heteroatoms. The lowest BCUT2D eigenvalue weighted by atomic mass is 9.72. The molecule has 2 N–H and O–H groups in total. The summed E-state index contributed by atoms with van der Waals surface area (Å²) in [6.07, 6.45) is 2.27. The number of nitrogens with one attached hydrogen (secondary N) is 1. The van der Waals surface area contributed by atoms with Crippen LogP contribution >= 0.6 is 11.3 Å². The van der Waals surface area contributed by atoms with Gasteiger partial charge in [0.05, 0.1) is 23.7 Å². The van der Waals surface area contributed by atoms with E-state index in [-0.39, 0.29) is 47.7 Å². The first-order chi connectivity index (χ1) is 18.3. The number of phenols is 1. The van der Waals surface area contributed by atoms with Crippen molar-refractivity contribution in [3.8, 4) is 11.5 Å². The molecule has 200 valence electrons. The average molecular weight is 541 g/mol. The van der Waals surface area contributed by atoms with E-state index in [0.717, 1.165) is 17.7 Å². The van der Waals surface area contributed by atoms with Crippen molar-refractivity contribution in [2.75, 3.05) is 20.3 Å². The minimum atomic E-state index is -0.937. The third-order valence-corrected chi connectivity index (χ3v) is 8.28. The van der Waals surface area contributed by atoms with E-state index >= 15 is 0 Å². The summed E-state index contributed by atoms with van der Waals surface area (Å²) < 4.78 is 16.4. The van der Waals surface area contributed by atoms with Crippen molar-refractivity contribution in [2.24, 2.45) is 0 Å². The van der Waals surface area contributed by atoms with Gasteiger partial charge in [-0.05, 0) is 49.3 Å². The van der Waals surface area contributed by atoms with E-state index in [1.54, 1.807) is 18.3 Å². The van der Waals surface area contributed by atoms with Crippen LogP contribution in [0, 0.1) is 10.1 Å². The number of rotatable bonds is 7. The highest BCUT2D eigenvalue weighted by atomic mass is 32.1. The Morgan fingerprint density at radius 2 is 2.16 bits per heavy atom. The van der Waals surface area contributed by atoms with Gasteiger partial charge in [0, 0.05) is 52.8 Å². The minimum Gasteiger partial charge on any atom is -0.500 e. The number of dihydropyridines is 1. The van der Waals surface area contributed by atoms with Gasteiger partial charge in [-0.3, -0.25) is 14.9 Å². The summed E-state index contributed by atoms with van der Waals surface area (Å²) >= 11 is 1.58. The Balaban J connectivity index is 1.60. The Labute approximate surface area is 223 Å². The van der Waals surface area contributed by atoms with Crippen molar-refractivity contribution in [2.45, 2.75) is 50.5 Å². The van der Waals surface area contributed by atoms with Crippen molar-refractivity contribution in [1.82, 2.24) is 5.32 Å². The summed E-state index contributed by atoms with van der Waals surface area (Å²) in [6.45, 7) is 2.41. The molecule has 1 aromatic carbocycles. The standard InChI is InChI=1S/C27H28N2O8S/c1-14-23(27(32)37-13-17-5-3-7-36-17)24(16-10-19(29(33)34)26(31)21(12-16)35-2)25-18(28-14)9-15(11-20(25)30)22-6-4-8-38-22/h4,6,8,10,12,15,17,24,28,31H,3,5,7,9,11,13H2,1-2H3/t15-,17+,24+/m1/s1. The van der Waals surface area contributed by atoms with E-state index in [4.69, 9.17) is 14.2 Å². The summed E-state index contributed by atoms with van der Waals surface area (Å²) in [5.41, 5.74) is 1.44. The van der Waals surface area contributed by atoms with Gasteiger partial charge in [0.2, 0.25) is 5.75 Å². The van der Waals surface area contributed by atoms with Crippen LogP contribution in [0.2, 0.25) is 0 Å². The van der Waals surface area contributed by atoms with E-state index in [1.165, 1.54) is 19.2 Å². The number of ketones is 1. The number of ether oxygens (including phenoxy) is 3. The van der Waals surface area contributed by atoms with Gasteiger partial charge in [-0.25, -0.2) is 4.79 Å². The number of allylic oxidation sites excluding steroid dienone is 3. The third-order valence-electron chi connectivity index (χ3n) is 7.24. The maximum atomic E-state index is 13.7. The van der Waals surface area contributed by atoms with Crippen molar-refractivity contribution in [1.29, 1.82) is 0 Å². The number of hydrogen-bond acceptors (Lipinski definition) is 10. The smallest absolute Gasteiger partial charge is 0.336 e. The topological polar surface area (TPSA) is 137 Å². The highest BCUT2D eigenvalue weighted by molar-refractivity contribution is 7.10. The normalized spacial score (nSPS) is 23.2. The number of aromatic hydroxyl groups is 1. The van der Waals surface area contributed by atoms with Gasteiger partial charge in [-0.1, -0.05) is 6.07 Å². The molecule has 0 spiro atoms. The van der Waals surface area contributed by atoms with Crippen LogP contribution in [0.5, 0.6) is 11.5 Å². The number of hydrogen-bond donors (Lipinski definition) is 2. The summed E-state index contributed by atoms with van der Waals surface area (Å²) in [6, 6.07) is 6.57. The Bertz CT molecular complexity index is 1340. The van der Waals surface area contributed by atoms with Crippen LogP contribution in [0.4, 0.5) is 5.69 Å². The maximum absolute atomic E-state index is 13.7. The van der Waals surface area contributed by atoms with Crippen molar-refractivity contribution in [3.63, 3.8) is 0 Å². The molecule has 5 rings (SSSR count). The number of carbonyl (C=O) groups excluding carboxylic acids is 2. The highest BCUT2D eigenvalue weighted by Crippen LogP contribution is 2.49. The van der Waals surface area contributed by atoms with Gasteiger partial charge < -0.3 is 24.6 Å². The summed E-state index contributed by atoms with van der Waals surface area (Å²) in [4.78, 5) is 39.3. The number of thiophene rings is 1. The summed E-state index contributed by atoms with van der Waals surface area (Å²) in [7, 11) is 1.28. The number of Topliss-reactive ketones (excluding diaryl/α,β-unsaturated/α-hetero) is 1. The quantitative estimate of drug-likeness (QED) is 0.296. The predicted octanol–water partition coefficient (Wildman–Crippen LogP) is 4.45. The molecule has 0 bridgehead atoms. The monoisotopic (exact) mass is 540 g/mol. The van der Waals surface area contributed by atoms with Crippen molar-refractivity contribution >= 4 is 28.8 Å². The van der Waals surface area contributed by atoms with Gasteiger partial charge in [-0.2, -0.15) is 0 Å². The maximum Gasteiger partial charge on any atom is 0.336 e. The van der Waals surface area contributed by atoms with Gasteiger partial charge in [0.1, 0.15) is 6.61 Å². The van der Waals surface area contributed by atoms with Gasteiger partial charge >= 0.3 is 11.7 Å². The second kappa shape index (κ2) is 10.6. The Kier molecular flexibility index (Phi) is 7.22. The number of carbonyl (C=O) groups is 2. The molecule has 2 aliphatic heterocycles. The molecule has 3 aliphatic rings. The van der Waals surface area contributed by atoms with Crippen LogP contribution in [-0.2, 0) is 19.1 Å². The number of phenolic OH excluding ortho intramolecular Hbond substituents is 1. The van der Waals surface area contributed by atoms with E-state index in [1.807, 2.05) is 17.5 Å². The highest BCUT2D eigenvalue weighted by Gasteiger charge is 2.43.